The highest BCUT2D eigenvalue weighted by Gasteiger charge is 2.24. The zero-order valence-corrected chi connectivity index (χ0v) is 10.00. The standard InChI is InChI=1S/C10H22N2O2/c1-7(11)8(2)12(6)9(13)14-10(3,4)5/h7-8H,11H2,1-6H3. The number of nitrogens with zero attached hydrogens (tertiary/aromatic N) is 1. The van der Waals surface area contributed by atoms with Gasteiger partial charge in [-0.2, -0.15) is 0 Å². The van der Waals surface area contributed by atoms with Crippen molar-refractivity contribution < 1.29 is 9.53 Å². The van der Waals surface area contributed by atoms with Gasteiger partial charge < -0.3 is 15.4 Å². The van der Waals surface area contributed by atoms with Gasteiger partial charge in [0.05, 0.1) is 0 Å². The fourth-order valence-corrected chi connectivity index (χ4v) is 0.853. The molecule has 0 spiro atoms. The van der Waals surface area contributed by atoms with E-state index in [4.69, 9.17) is 10.5 Å². The van der Waals surface area contributed by atoms with Crippen LogP contribution >= 0.6 is 0 Å². The Morgan fingerprint density at radius 1 is 1.36 bits per heavy atom. The van der Waals surface area contributed by atoms with Gasteiger partial charge in [0, 0.05) is 19.1 Å². The average Bonchev–Trinajstić information content (AvgIpc) is 1.98. The lowest BCUT2D eigenvalue weighted by atomic mass is 10.1. The van der Waals surface area contributed by atoms with Crippen LogP contribution in [-0.4, -0.2) is 35.7 Å². The molecule has 0 heterocycles. The van der Waals surface area contributed by atoms with Gasteiger partial charge in [-0.1, -0.05) is 0 Å². The first-order valence-electron chi connectivity index (χ1n) is 4.86. The van der Waals surface area contributed by atoms with Crippen LogP contribution in [0.3, 0.4) is 0 Å². The molecule has 0 aromatic rings. The molecule has 0 rings (SSSR count). The van der Waals surface area contributed by atoms with Gasteiger partial charge in [-0.25, -0.2) is 4.79 Å². The molecule has 0 fully saturated rings. The topological polar surface area (TPSA) is 55.6 Å². The van der Waals surface area contributed by atoms with Crippen LogP contribution < -0.4 is 5.73 Å². The average molecular weight is 202 g/mol. The summed E-state index contributed by atoms with van der Waals surface area (Å²) in [4.78, 5) is 13.1. The predicted octanol–water partition coefficient (Wildman–Crippen LogP) is 1.59. The van der Waals surface area contributed by atoms with Gasteiger partial charge in [0.15, 0.2) is 0 Å². The summed E-state index contributed by atoms with van der Waals surface area (Å²) < 4.78 is 5.20. The van der Waals surface area contributed by atoms with E-state index in [0.717, 1.165) is 0 Å². The van der Waals surface area contributed by atoms with Gasteiger partial charge in [0.25, 0.3) is 0 Å². The lowest BCUT2D eigenvalue weighted by molar-refractivity contribution is 0.0219. The van der Waals surface area contributed by atoms with Crippen molar-refractivity contribution in [3.8, 4) is 0 Å². The highest BCUT2D eigenvalue weighted by Crippen LogP contribution is 2.11. The number of nitrogens with two attached hydrogens (primary N) is 1. The van der Waals surface area contributed by atoms with Crippen LogP contribution in [0.1, 0.15) is 34.6 Å². The third-order valence-corrected chi connectivity index (χ3v) is 2.05. The normalized spacial score (nSPS) is 15.9. The molecule has 0 saturated carbocycles. The summed E-state index contributed by atoms with van der Waals surface area (Å²) in [5.74, 6) is 0. The molecule has 0 aliphatic carbocycles. The maximum absolute atomic E-state index is 11.6. The molecule has 0 bridgehead atoms. The number of likely N-dealkylation sites (N-methyl/N-ethyl adjacent to an activating group) is 1. The molecule has 0 aromatic heterocycles. The zero-order chi connectivity index (χ0) is 11.5. The molecule has 1 amide bonds. The molecule has 2 N–H and O–H groups in total. The van der Waals surface area contributed by atoms with E-state index < -0.39 is 5.60 Å². The largest absolute Gasteiger partial charge is 0.444 e. The van der Waals surface area contributed by atoms with Crippen molar-refractivity contribution in [1.82, 2.24) is 4.90 Å². The van der Waals surface area contributed by atoms with Crippen LogP contribution in [0.4, 0.5) is 4.79 Å². The van der Waals surface area contributed by atoms with Crippen LogP contribution in [0.5, 0.6) is 0 Å². The highest BCUT2D eigenvalue weighted by atomic mass is 16.6. The molecule has 0 aromatic carbocycles. The second-order valence-corrected chi connectivity index (χ2v) is 4.69. The molecule has 84 valence electrons. The molecule has 4 heteroatoms. The first kappa shape index (κ1) is 13.2. The van der Waals surface area contributed by atoms with Crippen molar-refractivity contribution in [3.63, 3.8) is 0 Å². The molecule has 0 aliphatic rings. The Labute approximate surface area is 86.4 Å². The molecule has 0 radical (unpaired) electrons. The fraction of sp³-hybridized carbons (Fsp3) is 0.900. The molecule has 0 aliphatic heterocycles. The van der Waals surface area contributed by atoms with Crippen molar-refractivity contribution in [1.29, 1.82) is 0 Å². The number of rotatable bonds is 2. The fourth-order valence-electron chi connectivity index (χ4n) is 0.853. The maximum Gasteiger partial charge on any atom is 0.410 e. The number of hydrogen-bond acceptors (Lipinski definition) is 3. The predicted molar refractivity (Wildman–Crippen MR) is 57.1 cm³/mol. The van der Waals surface area contributed by atoms with E-state index in [1.807, 2.05) is 34.6 Å². The molecule has 4 nitrogen and oxygen atoms in total. The maximum atomic E-state index is 11.6. The summed E-state index contributed by atoms with van der Waals surface area (Å²) in [6, 6.07) is -0.0858. The van der Waals surface area contributed by atoms with Gasteiger partial charge in [0.1, 0.15) is 5.60 Å². The number of carbonyl (C=O) groups is 1. The summed E-state index contributed by atoms with van der Waals surface area (Å²) >= 11 is 0. The molecule has 0 saturated heterocycles. The lowest BCUT2D eigenvalue weighted by Crippen LogP contribution is -2.47. The van der Waals surface area contributed by atoms with Crippen LogP contribution in [-0.2, 0) is 4.74 Å². The summed E-state index contributed by atoms with van der Waals surface area (Å²) in [6.45, 7) is 9.29. The first-order valence-corrected chi connectivity index (χ1v) is 4.86. The minimum atomic E-state index is -0.455. The minimum Gasteiger partial charge on any atom is -0.444 e. The SMILES string of the molecule is CC(N)C(C)N(C)C(=O)OC(C)(C)C. The van der Waals surface area contributed by atoms with E-state index in [-0.39, 0.29) is 18.2 Å². The molecule has 14 heavy (non-hydrogen) atoms. The van der Waals surface area contributed by atoms with Crippen molar-refractivity contribution in [2.75, 3.05) is 7.05 Å². The minimum absolute atomic E-state index is 0.0233. The van der Waals surface area contributed by atoms with Gasteiger partial charge in [-0.3, -0.25) is 0 Å². The van der Waals surface area contributed by atoms with Gasteiger partial charge in [-0.15, -0.1) is 0 Å². The lowest BCUT2D eigenvalue weighted by Gasteiger charge is -2.30. The second-order valence-electron chi connectivity index (χ2n) is 4.69. The van der Waals surface area contributed by atoms with E-state index in [2.05, 4.69) is 0 Å². The summed E-state index contributed by atoms with van der Waals surface area (Å²) in [5, 5.41) is 0. The van der Waals surface area contributed by atoms with E-state index >= 15 is 0 Å². The van der Waals surface area contributed by atoms with E-state index in [9.17, 15) is 4.79 Å². The van der Waals surface area contributed by atoms with Crippen LogP contribution in [0.25, 0.3) is 0 Å². The molecular weight excluding hydrogens is 180 g/mol. The van der Waals surface area contributed by atoms with Crippen LogP contribution in [0, 0.1) is 0 Å². The van der Waals surface area contributed by atoms with Crippen molar-refractivity contribution in [3.05, 3.63) is 0 Å². The first-order chi connectivity index (χ1) is 6.15. The van der Waals surface area contributed by atoms with Crippen molar-refractivity contribution in [2.45, 2.75) is 52.3 Å². The van der Waals surface area contributed by atoms with E-state index in [0.29, 0.717) is 0 Å². The Morgan fingerprint density at radius 2 is 1.79 bits per heavy atom. The molecule has 2 atom stereocenters. The Kier molecular flexibility index (Phi) is 4.39. The summed E-state index contributed by atoms with van der Waals surface area (Å²) in [6.07, 6.45) is -0.331. The molecule has 2 unspecified atom stereocenters. The van der Waals surface area contributed by atoms with Gasteiger partial charge >= 0.3 is 6.09 Å². The number of hydrogen-bond donors (Lipinski definition) is 1. The van der Waals surface area contributed by atoms with Crippen molar-refractivity contribution in [2.24, 2.45) is 5.73 Å². The van der Waals surface area contributed by atoms with Crippen molar-refractivity contribution >= 4 is 6.09 Å². The smallest absolute Gasteiger partial charge is 0.410 e. The Bertz CT molecular complexity index is 197. The number of ether oxygens (including phenoxy) is 1. The quantitative estimate of drug-likeness (QED) is 0.739. The Hall–Kier alpha value is -0.770. The summed E-state index contributed by atoms with van der Waals surface area (Å²) in [7, 11) is 1.70. The Morgan fingerprint density at radius 3 is 2.07 bits per heavy atom. The van der Waals surface area contributed by atoms with Crippen LogP contribution in [0.2, 0.25) is 0 Å². The van der Waals surface area contributed by atoms with E-state index in [1.54, 1.807) is 7.05 Å². The number of amides is 1. The Balaban J connectivity index is 4.26. The molecular formula is C10H22N2O2. The second kappa shape index (κ2) is 4.64. The third kappa shape index (κ3) is 4.46. The number of carbonyl (C=O) groups excluding carboxylic acids is 1. The van der Waals surface area contributed by atoms with Gasteiger partial charge in [0.2, 0.25) is 0 Å². The van der Waals surface area contributed by atoms with Gasteiger partial charge in [-0.05, 0) is 34.6 Å². The van der Waals surface area contributed by atoms with Crippen LogP contribution in [0.15, 0.2) is 0 Å². The monoisotopic (exact) mass is 202 g/mol. The zero-order valence-electron chi connectivity index (χ0n) is 10.00. The third-order valence-electron chi connectivity index (χ3n) is 2.05. The summed E-state index contributed by atoms with van der Waals surface area (Å²) in [5.41, 5.74) is 5.23. The highest BCUT2D eigenvalue weighted by molar-refractivity contribution is 5.68. The van der Waals surface area contributed by atoms with E-state index in [1.165, 1.54) is 4.90 Å².